The highest BCUT2D eigenvalue weighted by molar-refractivity contribution is 8.22. The molecule has 1 fully saturated rings. The molecule has 2 heterocycles. The molecule has 0 saturated carbocycles. The number of thiocarbonyl (C=S) groups is 1. The molecular weight excluding hydrogens is 294 g/mol. The van der Waals surface area contributed by atoms with E-state index in [1.807, 2.05) is 25.3 Å². The number of nitrogens with one attached hydrogen (secondary N) is 1. The summed E-state index contributed by atoms with van der Waals surface area (Å²) in [4.78, 5) is 4.29. The minimum atomic E-state index is 0.129. The van der Waals surface area contributed by atoms with Gasteiger partial charge in [-0.2, -0.15) is 5.10 Å². The van der Waals surface area contributed by atoms with Crippen LogP contribution in [0.3, 0.4) is 0 Å². The summed E-state index contributed by atoms with van der Waals surface area (Å²) >= 11 is 6.47. The van der Waals surface area contributed by atoms with Crippen molar-refractivity contribution in [1.82, 2.24) is 10.4 Å². The average Bonchev–Trinajstić information content (AvgIpc) is 2.97. The molecule has 108 valence electrons. The Balaban J connectivity index is 2.02. The molecule has 0 aliphatic carbocycles. The Morgan fingerprint density at radius 2 is 2.50 bits per heavy atom. The van der Waals surface area contributed by atoms with Crippen molar-refractivity contribution in [3.63, 3.8) is 0 Å². The third kappa shape index (κ3) is 4.43. The predicted octanol–water partition coefficient (Wildman–Crippen LogP) is 2.21. The van der Waals surface area contributed by atoms with Gasteiger partial charge in [0.25, 0.3) is 0 Å². The Kier molecular flexibility index (Phi) is 5.75. The standard InChI is InChI=1S/C13H17N3O2S2/c1-9(15-16-13(19)20-2)12-7-10(3-5-14-12)18-11-4-6-17-8-11/h3,5,7,11H,4,6,8H2,1-2H3,(H,16,19)/b15-9+/t11-/m0/s1. The smallest absolute Gasteiger partial charge is 0.153 e. The zero-order chi connectivity index (χ0) is 14.4. The van der Waals surface area contributed by atoms with Crippen molar-refractivity contribution in [2.24, 2.45) is 5.10 Å². The van der Waals surface area contributed by atoms with Gasteiger partial charge in [-0.05, 0) is 19.2 Å². The molecule has 0 bridgehead atoms. The molecule has 1 aliphatic rings. The zero-order valence-electron chi connectivity index (χ0n) is 11.5. The van der Waals surface area contributed by atoms with E-state index in [0.717, 1.165) is 30.2 Å². The minimum Gasteiger partial charge on any atom is -0.488 e. The molecule has 1 N–H and O–H groups in total. The predicted molar refractivity (Wildman–Crippen MR) is 85.5 cm³/mol. The van der Waals surface area contributed by atoms with E-state index in [4.69, 9.17) is 21.7 Å². The summed E-state index contributed by atoms with van der Waals surface area (Å²) in [5.74, 6) is 0.785. The monoisotopic (exact) mass is 311 g/mol. The van der Waals surface area contributed by atoms with Gasteiger partial charge in [0.2, 0.25) is 0 Å². The van der Waals surface area contributed by atoms with E-state index in [2.05, 4.69) is 15.5 Å². The fourth-order valence-electron chi connectivity index (χ4n) is 1.71. The normalized spacial score (nSPS) is 18.9. The largest absolute Gasteiger partial charge is 0.488 e. The summed E-state index contributed by atoms with van der Waals surface area (Å²) < 4.78 is 11.8. The molecule has 0 unspecified atom stereocenters. The van der Waals surface area contributed by atoms with Crippen LogP contribution in [0.15, 0.2) is 23.4 Å². The number of hydrazone groups is 1. The molecule has 0 spiro atoms. The minimum absolute atomic E-state index is 0.129. The number of hydrogen-bond acceptors (Lipinski definition) is 6. The van der Waals surface area contributed by atoms with E-state index in [0.29, 0.717) is 10.9 Å². The van der Waals surface area contributed by atoms with Crippen molar-refractivity contribution in [2.75, 3.05) is 19.5 Å². The van der Waals surface area contributed by atoms with Crippen LogP contribution in [-0.4, -0.2) is 40.6 Å². The van der Waals surface area contributed by atoms with E-state index in [9.17, 15) is 0 Å². The number of hydrogen-bond donors (Lipinski definition) is 1. The maximum Gasteiger partial charge on any atom is 0.153 e. The van der Waals surface area contributed by atoms with Crippen molar-refractivity contribution in [3.8, 4) is 5.75 Å². The number of thioether (sulfide) groups is 1. The van der Waals surface area contributed by atoms with Gasteiger partial charge in [0.15, 0.2) is 4.32 Å². The Morgan fingerprint density at radius 3 is 3.20 bits per heavy atom. The van der Waals surface area contributed by atoms with Crippen LogP contribution in [0, 0.1) is 0 Å². The molecule has 20 heavy (non-hydrogen) atoms. The molecule has 1 atom stereocenters. The fourth-order valence-corrected chi connectivity index (χ4v) is 1.90. The number of pyridine rings is 1. The first-order chi connectivity index (χ1) is 9.69. The van der Waals surface area contributed by atoms with Crippen LogP contribution < -0.4 is 10.2 Å². The van der Waals surface area contributed by atoms with E-state index < -0.39 is 0 Å². The Bertz CT molecular complexity index is 502. The highest BCUT2D eigenvalue weighted by Gasteiger charge is 2.17. The number of aromatic nitrogens is 1. The van der Waals surface area contributed by atoms with E-state index in [1.165, 1.54) is 11.8 Å². The lowest BCUT2D eigenvalue weighted by molar-refractivity contribution is 0.141. The molecule has 0 aromatic carbocycles. The third-order valence-electron chi connectivity index (χ3n) is 2.79. The van der Waals surface area contributed by atoms with Crippen molar-refractivity contribution >= 4 is 34.0 Å². The van der Waals surface area contributed by atoms with Gasteiger partial charge >= 0.3 is 0 Å². The first-order valence-corrected chi connectivity index (χ1v) is 7.91. The summed E-state index contributed by atoms with van der Waals surface area (Å²) in [6, 6.07) is 3.72. The van der Waals surface area contributed by atoms with Crippen LogP contribution in [0.1, 0.15) is 19.0 Å². The molecule has 2 rings (SSSR count). The Hall–Kier alpha value is -1.18. The molecule has 0 radical (unpaired) electrons. The molecule has 1 saturated heterocycles. The van der Waals surface area contributed by atoms with Gasteiger partial charge in [-0.25, -0.2) is 0 Å². The van der Waals surface area contributed by atoms with Crippen LogP contribution in [0.25, 0.3) is 0 Å². The summed E-state index contributed by atoms with van der Waals surface area (Å²) in [5, 5.41) is 4.20. The Labute approximate surface area is 128 Å². The lowest BCUT2D eigenvalue weighted by Crippen LogP contribution is -2.16. The SMILES string of the molecule is CSC(=S)N/N=C(\C)c1cc(O[C@H]2CCOC2)ccn1. The van der Waals surface area contributed by atoms with E-state index in [1.54, 1.807) is 6.20 Å². The second kappa shape index (κ2) is 7.56. The van der Waals surface area contributed by atoms with Crippen LogP contribution in [0.5, 0.6) is 5.75 Å². The fraction of sp³-hybridized carbons (Fsp3) is 0.462. The second-order valence-electron chi connectivity index (χ2n) is 4.28. The Morgan fingerprint density at radius 1 is 1.65 bits per heavy atom. The lowest BCUT2D eigenvalue weighted by atomic mass is 10.2. The van der Waals surface area contributed by atoms with Crippen molar-refractivity contribution < 1.29 is 9.47 Å². The van der Waals surface area contributed by atoms with E-state index >= 15 is 0 Å². The molecule has 1 aromatic heterocycles. The van der Waals surface area contributed by atoms with Crippen LogP contribution >= 0.6 is 24.0 Å². The molecule has 5 nitrogen and oxygen atoms in total. The second-order valence-corrected chi connectivity index (χ2v) is 5.76. The summed E-state index contributed by atoms with van der Waals surface area (Å²) in [6.07, 6.45) is 4.67. The quantitative estimate of drug-likeness (QED) is 0.523. The summed E-state index contributed by atoms with van der Waals surface area (Å²) in [7, 11) is 0. The van der Waals surface area contributed by atoms with Gasteiger partial charge in [-0.15, -0.1) is 0 Å². The van der Waals surface area contributed by atoms with Crippen LogP contribution in [-0.2, 0) is 4.74 Å². The molecule has 1 aromatic rings. The van der Waals surface area contributed by atoms with Gasteiger partial charge in [0.05, 0.1) is 24.6 Å². The summed E-state index contributed by atoms with van der Waals surface area (Å²) in [5.41, 5.74) is 4.33. The van der Waals surface area contributed by atoms with Crippen molar-refractivity contribution in [1.29, 1.82) is 0 Å². The van der Waals surface area contributed by atoms with Gasteiger partial charge in [0, 0.05) is 18.7 Å². The first kappa shape index (κ1) is 15.2. The molecule has 7 heteroatoms. The van der Waals surface area contributed by atoms with Gasteiger partial charge < -0.3 is 9.47 Å². The average molecular weight is 311 g/mol. The zero-order valence-corrected chi connectivity index (χ0v) is 13.1. The lowest BCUT2D eigenvalue weighted by Gasteiger charge is -2.12. The third-order valence-corrected chi connectivity index (χ3v) is 3.85. The summed E-state index contributed by atoms with van der Waals surface area (Å²) in [6.45, 7) is 3.29. The number of nitrogens with zero attached hydrogens (tertiary/aromatic N) is 2. The number of ether oxygens (including phenoxy) is 2. The maximum atomic E-state index is 5.84. The molecular formula is C13H17N3O2S2. The number of rotatable bonds is 4. The van der Waals surface area contributed by atoms with Crippen molar-refractivity contribution in [3.05, 3.63) is 24.0 Å². The van der Waals surface area contributed by atoms with Gasteiger partial charge in [-0.3, -0.25) is 10.4 Å². The van der Waals surface area contributed by atoms with Gasteiger partial charge in [0.1, 0.15) is 11.9 Å². The van der Waals surface area contributed by atoms with Gasteiger partial charge in [-0.1, -0.05) is 24.0 Å². The first-order valence-electron chi connectivity index (χ1n) is 6.28. The highest BCUT2D eigenvalue weighted by atomic mass is 32.2. The van der Waals surface area contributed by atoms with E-state index in [-0.39, 0.29) is 6.10 Å². The topological polar surface area (TPSA) is 55.7 Å². The molecule has 0 amide bonds. The van der Waals surface area contributed by atoms with Crippen molar-refractivity contribution in [2.45, 2.75) is 19.4 Å². The molecule has 1 aliphatic heterocycles. The maximum absolute atomic E-state index is 5.84. The van der Waals surface area contributed by atoms with Crippen LogP contribution in [0.4, 0.5) is 0 Å². The van der Waals surface area contributed by atoms with Crippen LogP contribution in [0.2, 0.25) is 0 Å². The highest BCUT2D eigenvalue weighted by Crippen LogP contribution is 2.17.